The molecule has 0 heterocycles. The van der Waals surface area contributed by atoms with Gasteiger partial charge in [0.1, 0.15) is 6.54 Å². The van der Waals surface area contributed by atoms with E-state index < -0.39 is 0 Å². The highest BCUT2D eigenvalue weighted by Gasteiger charge is 2.12. The maximum atomic E-state index is 12.3. The predicted octanol–water partition coefficient (Wildman–Crippen LogP) is 1.49. The van der Waals surface area contributed by atoms with Crippen molar-refractivity contribution in [2.24, 2.45) is 0 Å². The third-order valence-corrected chi connectivity index (χ3v) is 4.44. The molecule has 2 aromatic rings. The molecule has 1 unspecified atom stereocenters. The highest BCUT2D eigenvalue weighted by Crippen LogP contribution is 2.27. The summed E-state index contributed by atoms with van der Waals surface area (Å²) in [6.45, 7) is 4.22. The zero-order valence-electron chi connectivity index (χ0n) is 17.5. The Labute approximate surface area is 168 Å². The number of ether oxygens (including phenoxy) is 2. The topological polar surface area (TPSA) is 55.2 Å². The second kappa shape index (κ2) is 10.6. The number of carbonyl (C=O) groups excluding carboxylic acids is 1. The fourth-order valence-corrected chi connectivity index (χ4v) is 2.96. The molecule has 0 fully saturated rings. The van der Waals surface area contributed by atoms with E-state index in [-0.39, 0.29) is 5.91 Å². The van der Waals surface area contributed by atoms with Crippen molar-refractivity contribution in [1.82, 2.24) is 5.32 Å². The first-order chi connectivity index (χ1) is 13.4. The lowest BCUT2D eigenvalue weighted by atomic mass is 10.2. The van der Waals surface area contributed by atoms with Gasteiger partial charge in [-0.15, -0.1) is 0 Å². The lowest BCUT2D eigenvalue weighted by molar-refractivity contribution is -0.885. The van der Waals surface area contributed by atoms with Crippen molar-refractivity contribution in [3.8, 4) is 11.5 Å². The Morgan fingerprint density at radius 3 is 2.36 bits per heavy atom. The van der Waals surface area contributed by atoms with Crippen LogP contribution >= 0.6 is 0 Å². The maximum Gasteiger partial charge on any atom is 0.275 e. The van der Waals surface area contributed by atoms with Crippen molar-refractivity contribution in [2.45, 2.75) is 20.0 Å². The fourth-order valence-electron chi connectivity index (χ4n) is 2.96. The summed E-state index contributed by atoms with van der Waals surface area (Å²) in [6.07, 6.45) is 0. The third kappa shape index (κ3) is 6.46. The maximum absolute atomic E-state index is 12.3. The largest absolute Gasteiger partial charge is 0.493 e. The Morgan fingerprint density at radius 1 is 1.07 bits per heavy atom. The summed E-state index contributed by atoms with van der Waals surface area (Å²) < 4.78 is 10.9. The normalized spacial score (nSPS) is 11.6. The van der Waals surface area contributed by atoms with Gasteiger partial charge in [0.15, 0.2) is 18.0 Å². The summed E-state index contributed by atoms with van der Waals surface area (Å²) >= 11 is 0. The molecule has 0 saturated carbocycles. The van der Waals surface area contributed by atoms with Gasteiger partial charge in [0.2, 0.25) is 0 Å². The highest BCUT2D eigenvalue weighted by molar-refractivity contribution is 5.76. The second-order valence-electron chi connectivity index (χ2n) is 7.07. The Morgan fingerprint density at radius 2 is 1.75 bits per heavy atom. The van der Waals surface area contributed by atoms with Crippen molar-refractivity contribution in [3.63, 3.8) is 0 Å². The Hall–Kier alpha value is -2.73. The molecule has 0 bridgehead atoms. The van der Waals surface area contributed by atoms with Crippen LogP contribution in [0.5, 0.6) is 11.5 Å². The zero-order chi connectivity index (χ0) is 20.5. The van der Waals surface area contributed by atoms with Gasteiger partial charge >= 0.3 is 0 Å². The van der Waals surface area contributed by atoms with Crippen LogP contribution in [0.3, 0.4) is 0 Å². The summed E-state index contributed by atoms with van der Waals surface area (Å²) in [6, 6.07) is 14.1. The minimum atomic E-state index is 0.0343. The van der Waals surface area contributed by atoms with E-state index in [1.807, 2.05) is 58.4 Å². The summed E-state index contributed by atoms with van der Waals surface area (Å²) in [5.41, 5.74) is 3.34. The minimum absolute atomic E-state index is 0.0343. The van der Waals surface area contributed by atoms with Gasteiger partial charge in [-0.2, -0.15) is 0 Å². The first-order valence-electron chi connectivity index (χ1n) is 9.57. The summed E-state index contributed by atoms with van der Waals surface area (Å²) in [5, 5.41) is 2.99. The van der Waals surface area contributed by atoms with Crippen LogP contribution in [0.4, 0.5) is 5.69 Å². The van der Waals surface area contributed by atoms with Crippen molar-refractivity contribution in [2.75, 3.05) is 46.3 Å². The summed E-state index contributed by atoms with van der Waals surface area (Å²) in [5.74, 6) is 1.49. The van der Waals surface area contributed by atoms with Gasteiger partial charge in [-0.3, -0.25) is 4.79 Å². The van der Waals surface area contributed by atoms with E-state index in [1.54, 1.807) is 7.11 Å². The highest BCUT2D eigenvalue weighted by atomic mass is 16.5. The van der Waals surface area contributed by atoms with Crippen molar-refractivity contribution >= 4 is 11.6 Å². The van der Waals surface area contributed by atoms with Gasteiger partial charge in [-0.1, -0.05) is 12.1 Å². The molecule has 0 saturated heterocycles. The first-order valence-corrected chi connectivity index (χ1v) is 9.57. The molecule has 2 N–H and O–H groups in total. The van der Waals surface area contributed by atoms with Crippen LogP contribution in [0.1, 0.15) is 18.1 Å². The quantitative estimate of drug-likeness (QED) is 0.650. The molecule has 0 aliphatic rings. The number of benzene rings is 2. The minimum Gasteiger partial charge on any atom is -0.493 e. The second-order valence-corrected chi connectivity index (χ2v) is 7.07. The average Bonchev–Trinajstić information content (AvgIpc) is 2.68. The number of quaternary nitrogens is 1. The smallest absolute Gasteiger partial charge is 0.275 e. The zero-order valence-corrected chi connectivity index (χ0v) is 17.5. The number of rotatable bonds is 10. The number of hydrogen-bond donors (Lipinski definition) is 2. The molecule has 0 aliphatic heterocycles. The molecule has 6 heteroatoms. The van der Waals surface area contributed by atoms with E-state index in [9.17, 15) is 4.79 Å². The van der Waals surface area contributed by atoms with Crippen LogP contribution in [0.25, 0.3) is 0 Å². The molecular formula is C22H32N3O3+. The molecule has 2 rings (SSSR count). The van der Waals surface area contributed by atoms with Crippen LogP contribution in [0, 0.1) is 0 Å². The molecule has 1 amide bonds. The number of nitrogens with one attached hydrogen (secondary N) is 2. The van der Waals surface area contributed by atoms with Crippen LogP contribution in [-0.2, 0) is 17.9 Å². The monoisotopic (exact) mass is 386 g/mol. The van der Waals surface area contributed by atoms with Crippen LogP contribution in [0.2, 0.25) is 0 Å². The van der Waals surface area contributed by atoms with Gasteiger partial charge in [0.25, 0.3) is 5.91 Å². The molecule has 152 valence electrons. The fraction of sp³-hybridized carbons (Fsp3) is 0.409. The Balaban J connectivity index is 1.83. The average molecular weight is 387 g/mol. The molecule has 2 aromatic carbocycles. The van der Waals surface area contributed by atoms with Gasteiger partial charge < -0.3 is 24.6 Å². The van der Waals surface area contributed by atoms with E-state index in [4.69, 9.17) is 9.47 Å². The van der Waals surface area contributed by atoms with Crippen molar-refractivity contribution in [3.05, 3.63) is 53.6 Å². The number of carbonyl (C=O) groups is 1. The van der Waals surface area contributed by atoms with E-state index in [2.05, 4.69) is 22.3 Å². The van der Waals surface area contributed by atoms with Crippen molar-refractivity contribution < 1.29 is 19.2 Å². The number of likely N-dealkylation sites (N-methyl/N-ethyl adjacent to an activating group) is 1. The van der Waals surface area contributed by atoms with Gasteiger partial charge in [0, 0.05) is 31.9 Å². The Bertz CT molecular complexity index is 760. The van der Waals surface area contributed by atoms with Crippen LogP contribution in [-0.4, -0.2) is 47.3 Å². The predicted molar refractivity (Wildman–Crippen MR) is 112 cm³/mol. The van der Waals surface area contributed by atoms with Crippen molar-refractivity contribution in [1.29, 1.82) is 0 Å². The summed E-state index contributed by atoms with van der Waals surface area (Å²) in [4.78, 5) is 15.4. The Kier molecular flexibility index (Phi) is 8.14. The van der Waals surface area contributed by atoms with E-state index >= 15 is 0 Å². The number of hydrogen-bond acceptors (Lipinski definition) is 4. The number of anilines is 1. The van der Waals surface area contributed by atoms with Gasteiger partial charge in [-0.25, -0.2) is 0 Å². The molecule has 0 spiro atoms. The van der Waals surface area contributed by atoms with Gasteiger partial charge in [-0.05, 0) is 42.8 Å². The van der Waals surface area contributed by atoms with E-state index in [0.717, 1.165) is 39.8 Å². The van der Waals surface area contributed by atoms with E-state index in [0.29, 0.717) is 19.7 Å². The lowest BCUT2D eigenvalue weighted by Crippen LogP contribution is -3.08. The first kappa shape index (κ1) is 21.6. The van der Waals surface area contributed by atoms with Crippen LogP contribution in [0.15, 0.2) is 42.5 Å². The standard InChI is InChI=1S/C22H31N3O3/c1-6-28-20-12-9-18(13-21(20)27-5)15-25(4)16-22(26)23-14-17-7-10-19(11-8-17)24(2)3/h7-13H,6,14-16H2,1-5H3,(H,23,26)/p+1. The van der Waals surface area contributed by atoms with Gasteiger partial charge in [0.05, 0.1) is 20.8 Å². The number of methoxy groups -OCH3 is 1. The molecule has 0 aromatic heterocycles. The van der Waals surface area contributed by atoms with E-state index in [1.165, 1.54) is 0 Å². The molecule has 6 nitrogen and oxygen atoms in total. The van der Waals surface area contributed by atoms with Crippen LogP contribution < -0.4 is 24.6 Å². The third-order valence-electron chi connectivity index (χ3n) is 4.44. The molecule has 0 radical (unpaired) electrons. The molecular weight excluding hydrogens is 354 g/mol. The molecule has 1 atom stereocenters. The lowest BCUT2D eigenvalue weighted by Gasteiger charge is -2.16. The SMILES string of the molecule is CCOc1ccc(C[NH+](C)CC(=O)NCc2ccc(N(C)C)cc2)cc1OC. The summed E-state index contributed by atoms with van der Waals surface area (Å²) in [7, 11) is 7.66. The molecule has 28 heavy (non-hydrogen) atoms. The molecule has 0 aliphatic carbocycles. The number of nitrogens with zero attached hydrogens (tertiary/aromatic N) is 1. The number of amides is 1.